The van der Waals surface area contributed by atoms with Gasteiger partial charge < -0.3 is 14.4 Å². The monoisotopic (exact) mass is 509 g/mol. The molecule has 0 unspecified atom stereocenters. The topological polar surface area (TPSA) is 89.8 Å². The molecular formula is C27H31N3O5S. The van der Waals surface area contributed by atoms with Gasteiger partial charge in [-0.2, -0.15) is 18.6 Å². The van der Waals surface area contributed by atoms with Crippen molar-refractivity contribution in [3.8, 4) is 5.75 Å². The van der Waals surface area contributed by atoms with Gasteiger partial charge in [-0.15, -0.1) is 0 Å². The Morgan fingerprint density at radius 3 is 1.89 bits per heavy atom. The Morgan fingerprint density at radius 1 is 0.750 bits per heavy atom. The Bertz CT molecular complexity index is 1240. The van der Waals surface area contributed by atoms with Crippen molar-refractivity contribution in [2.45, 2.75) is 11.8 Å². The van der Waals surface area contributed by atoms with Crippen molar-refractivity contribution in [1.82, 2.24) is 0 Å². The van der Waals surface area contributed by atoms with Crippen LogP contribution < -0.4 is 9.64 Å². The Balaban J connectivity index is 1.31. The second kappa shape index (κ2) is 13.5. The molecule has 0 radical (unpaired) electrons. The minimum atomic E-state index is -3.78. The third kappa shape index (κ3) is 8.92. The van der Waals surface area contributed by atoms with Gasteiger partial charge in [-0.3, -0.25) is 4.18 Å². The van der Waals surface area contributed by atoms with Crippen molar-refractivity contribution < 1.29 is 22.1 Å². The zero-order valence-corrected chi connectivity index (χ0v) is 21.5. The van der Waals surface area contributed by atoms with Gasteiger partial charge in [-0.05, 0) is 66.6 Å². The molecule has 0 spiro atoms. The maximum absolute atomic E-state index is 12.1. The number of hydrogen-bond acceptors (Lipinski definition) is 8. The van der Waals surface area contributed by atoms with Crippen LogP contribution in [0.25, 0.3) is 0 Å². The summed E-state index contributed by atoms with van der Waals surface area (Å²) in [6, 6.07) is 22.0. The molecule has 0 bridgehead atoms. The van der Waals surface area contributed by atoms with Gasteiger partial charge in [0, 0.05) is 19.8 Å². The number of ether oxygens (including phenoxy) is 2. The van der Waals surface area contributed by atoms with E-state index < -0.39 is 10.1 Å². The highest BCUT2D eigenvalue weighted by molar-refractivity contribution is 7.86. The van der Waals surface area contributed by atoms with Crippen LogP contribution >= 0.6 is 0 Å². The third-order valence-electron chi connectivity index (χ3n) is 5.04. The molecule has 3 rings (SSSR count). The molecule has 3 aromatic rings. The normalized spacial score (nSPS) is 11.9. The highest BCUT2D eigenvalue weighted by Crippen LogP contribution is 2.14. The quantitative estimate of drug-likeness (QED) is 0.148. The van der Waals surface area contributed by atoms with Gasteiger partial charge in [0.15, 0.2) is 0 Å². The standard InChI is InChI=1S/C27H31N3O5S/c1-22-4-14-27(15-5-22)36(31,32)35-19-17-33-16-18-34-26-12-8-24(9-13-26)21-29-28-20-23-6-10-25(11-7-23)30(2)3/h4-15,20-21H,16-19H2,1-3H3/b28-20+,29-21+. The average molecular weight is 510 g/mol. The molecule has 0 amide bonds. The van der Waals surface area contributed by atoms with Crippen LogP contribution in [0, 0.1) is 6.92 Å². The predicted octanol–water partition coefficient (Wildman–Crippen LogP) is 4.31. The van der Waals surface area contributed by atoms with E-state index in [4.69, 9.17) is 13.7 Å². The van der Waals surface area contributed by atoms with E-state index in [1.54, 1.807) is 24.6 Å². The van der Waals surface area contributed by atoms with Crippen LogP contribution in [0.3, 0.4) is 0 Å². The number of nitrogens with zero attached hydrogens (tertiary/aromatic N) is 3. The van der Waals surface area contributed by atoms with Crippen molar-refractivity contribution in [2.75, 3.05) is 45.4 Å². The molecule has 0 N–H and O–H groups in total. The Labute approximate surface area is 213 Å². The largest absolute Gasteiger partial charge is 0.491 e. The third-order valence-corrected chi connectivity index (χ3v) is 6.37. The van der Waals surface area contributed by atoms with Gasteiger partial charge in [0.1, 0.15) is 12.4 Å². The van der Waals surface area contributed by atoms with Crippen molar-refractivity contribution >= 4 is 28.2 Å². The summed E-state index contributed by atoms with van der Waals surface area (Å²) in [6.07, 6.45) is 3.37. The van der Waals surface area contributed by atoms with Gasteiger partial charge in [-0.1, -0.05) is 29.8 Å². The summed E-state index contributed by atoms with van der Waals surface area (Å²) in [5.41, 5.74) is 3.98. The smallest absolute Gasteiger partial charge is 0.297 e. The Morgan fingerprint density at radius 2 is 1.31 bits per heavy atom. The van der Waals surface area contributed by atoms with E-state index in [0.717, 1.165) is 22.4 Å². The summed E-state index contributed by atoms with van der Waals surface area (Å²) in [6.45, 7) is 2.61. The lowest BCUT2D eigenvalue weighted by molar-refractivity contribution is 0.0779. The zero-order chi connectivity index (χ0) is 25.8. The molecule has 0 aromatic heterocycles. The molecule has 0 aliphatic heterocycles. The summed E-state index contributed by atoms with van der Waals surface area (Å²) >= 11 is 0. The molecular weight excluding hydrogens is 478 g/mol. The molecule has 0 fully saturated rings. The van der Waals surface area contributed by atoms with Gasteiger partial charge in [0.2, 0.25) is 0 Å². The van der Waals surface area contributed by atoms with E-state index in [1.165, 1.54) is 12.1 Å². The molecule has 36 heavy (non-hydrogen) atoms. The molecule has 0 aliphatic carbocycles. The van der Waals surface area contributed by atoms with E-state index in [1.807, 2.05) is 74.4 Å². The van der Waals surface area contributed by atoms with E-state index in [2.05, 4.69) is 10.2 Å². The minimum absolute atomic E-state index is 0.0614. The van der Waals surface area contributed by atoms with Gasteiger partial charge >= 0.3 is 0 Å². The SMILES string of the molecule is Cc1ccc(S(=O)(=O)OCCOCCOc2ccc(/C=N/N=C/c3ccc(N(C)C)cc3)cc2)cc1. The molecule has 190 valence electrons. The fourth-order valence-electron chi connectivity index (χ4n) is 3.00. The first-order valence-electron chi connectivity index (χ1n) is 11.4. The second-order valence-corrected chi connectivity index (χ2v) is 9.71. The number of rotatable bonds is 13. The first-order valence-corrected chi connectivity index (χ1v) is 12.8. The summed E-state index contributed by atoms with van der Waals surface area (Å²) in [5, 5.41) is 8.18. The highest BCUT2D eigenvalue weighted by Gasteiger charge is 2.14. The molecule has 0 aliphatic rings. The predicted molar refractivity (Wildman–Crippen MR) is 143 cm³/mol. The molecule has 3 aromatic carbocycles. The Kier molecular flexibility index (Phi) is 10.2. The maximum Gasteiger partial charge on any atom is 0.297 e. The van der Waals surface area contributed by atoms with Crippen LogP contribution in [-0.2, 0) is 19.0 Å². The van der Waals surface area contributed by atoms with Gasteiger partial charge in [-0.25, -0.2) is 0 Å². The minimum Gasteiger partial charge on any atom is -0.491 e. The van der Waals surface area contributed by atoms with Gasteiger partial charge in [0.05, 0.1) is 37.1 Å². The first kappa shape index (κ1) is 27.1. The lowest BCUT2D eigenvalue weighted by atomic mass is 10.2. The van der Waals surface area contributed by atoms with Crippen LogP contribution in [0.4, 0.5) is 5.69 Å². The number of benzene rings is 3. The molecule has 0 saturated heterocycles. The van der Waals surface area contributed by atoms with E-state index in [0.29, 0.717) is 19.0 Å². The fraction of sp³-hybridized carbons (Fsp3) is 0.259. The summed E-state index contributed by atoms with van der Waals surface area (Å²) in [5.74, 6) is 0.693. The van der Waals surface area contributed by atoms with E-state index >= 15 is 0 Å². The van der Waals surface area contributed by atoms with E-state index in [9.17, 15) is 8.42 Å². The van der Waals surface area contributed by atoms with Gasteiger partial charge in [0.25, 0.3) is 10.1 Å². The summed E-state index contributed by atoms with van der Waals surface area (Å²) < 4.78 is 40.2. The van der Waals surface area contributed by atoms with E-state index in [-0.39, 0.29) is 18.1 Å². The first-order chi connectivity index (χ1) is 17.3. The molecule has 9 heteroatoms. The number of hydrogen-bond donors (Lipinski definition) is 0. The van der Waals surface area contributed by atoms with Crippen LogP contribution in [0.1, 0.15) is 16.7 Å². The molecule has 0 atom stereocenters. The molecule has 0 saturated carbocycles. The number of aryl methyl sites for hydroxylation is 1. The number of anilines is 1. The van der Waals surface area contributed by atoms with Crippen LogP contribution in [0.5, 0.6) is 5.75 Å². The summed E-state index contributed by atoms with van der Waals surface area (Å²) in [4.78, 5) is 2.17. The molecule has 0 heterocycles. The highest BCUT2D eigenvalue weighted by atomic mass is 32.2. The average Bonchev–Trinajstić information content (AvgIpc) is 2.87. The van der Waals surface area contributed by atoms with Crippen LogP contribution in [-0.4, -0.2) is 61.4 Å². The van der Waals surface area contributed by atoms with Crippen molar-refractivity contribution in [2.24, 2.45) is 10.2 Å². The van der Waals surface area contributed by atoms with Crippen molar-refractivity contribution in [3.05, 3.63) is 89.5 Å². The zero-order valence-electron chi connectivity index (χ0n) is 20.7. The molecule has 8 nitrogen and oxygen atoms in total. The Hall–Kier alpha value is -3.53. The van der Waals surface area contributed by atoms with Crippen molar-refractivity contribution in [3.63, 3.8) is 0 Å². The lowest BCUT2D eigenvalue weighted by Crippen LogP contribution is -2.14. The maximum atomic E-state index is 12.1. The van der Waals surface area contributed by atoms with Crippen LogP contribution in [0.2, 0.25) is 0 Å². The fourth-order valence-corrected chi connectivity index (χ4v) is 3.90. The second-order valence-electron chi connectivity index (χ2n) is 8.09. The summed E-state index contributed by atoms with van der Waals surface area (Å²) in [7, 11) is 0.221. The van der Waals surface area contributed by atoms with Crippen LogP contribution in [0.15, 0.2) is 87.9 Å². The lowest BCUT2D eigenvalue weighted by Gasteiger charge is -2.11. The van der Waals surface area contributed by atoms with Crippen molar-refractivity contribution in [1.29, 1.82) is 0 Å².